The third-order valence-electron chi connectivity index (χ3n) is 3.34. The van der Waals surface area contributed by atoms with E-state index in [2.05, 4.69) is 51.4 Å². The van der Waals surface area contributed by atoms with Crippen LogP contribution in [-0.4, -0.2) is 16.5 Å². The number of nitrogens with one attached hydrogen (secondary N) is 1. The molecule has 2 aromatic rings. The number of hydrogen-bond acceptors (Lipinski definition) is 4. The molecule has 1 aliphatic rings. The fraction of sp³-hybridized carbons (Fsp3) is 0.333. The van der Waals surface area contributed by atoms with E-state index in [1.54, 1.807) is 0 Å². The lowest BCUT2D eigenvalue weighted by Gasteiger charge is -2.16. The van der Waals surface area contributed by atoms with Crippen molar-refractivity contribution in [2.75, 3.05) is 16.8 Å². The number of fused-ring (bicyclic) bond motifs is 1. The van der Waals surface area contributed by atoms with Crippen molar-refractivity contribution in [3.63, 3.8) is 0 Å². The quantitative estimate of drug-likeness (QED) is 0.911. The molecule has 1 aromatic heterocycles. The van der Waals surface area contributed by atoms with Crippen molar-refractivity contribution in [1.29, 1.82) is 0 Å². The van der Waals surface area contributed by atoms with Crippen molar-refractivity contribution >= 4 is 11.8 Å². The molecule has 2 heterocycles. The molecule has 0 fully saturated rings. The van der Waals surface area contributed by atoms with Gasteiger partial charge in [0.05, 0.1) is 0 Å². The molecule has 1 aliphatic heterocycles. The minimum atomic E-state index is 0.718. The van der Waals surface area contributed by atoms with Crippen molar-refractivity contribution in [2.45, 2.75) is 26.4 Å². The van der Waals surface area contributed by atoms with Gasteiger partial charge in [0.2, 0.25) is 5.95 Å². The van der Waals surface area contributed by atoms with Gasteiger partial charge in [-0.05, 0) is 23.6 Å². The first-order valence-electron chi connectivity index (χ1n) is 6.75. The van der Waals surface area contributed by atoms with E-state index in [1.807, 2.05) is 12.3 Å². The molecule has 4 nitrogen and oxygen atoms in total. The molecule has 19 heavy (non-hydrogen) atoms. The van der Waals surface area contributed by atoms with E-state index in [0.29, 0.717) is 0 Å². The highest BCUT2D eigenvalue weighted by atomic mass is 15.2. The van der Waals surface area contributed by atoms with E-state index in [4.69, 9.17) is 0 Å². The maximum absolute atomic E-state index is 4.58. The molecule has 0 unspecified atom stereocenters. The zero-order valence-corrected chi connectivity index (χ0v) is 11.1. The number of hydrogen-bond donors (Lipinski definition) is 1. The molecule has 0 aliphatic carbocycles. The summed E-state index contributed by atoms with van der Waals surface area (Å²) in [5.74, 6) is 1.71. The number of benzene rings is 1. The molecular weight excluding hydrogens is 236 g/mol. The van der Waals surface area contributed by atoms with Gasteiger partial charge in [-0.2, -0.15) is 4.98 Å². The molecule has 4 heteroatoms. The lowest BCUT2D eigenvalue weighted by atomic mass is 10.1. The van der Waals surface area contributed by atoms with Gasteiger partial charge in [-0.15, -0.1) is 0 Å². The van der Waals surface area contributed by atoms with Gasteiger partial charge in [-0.3, -0.25) is 0 Å². The molecule has 3 rings (SSSR count). The van der Waals surface area contributed by atoms with E-state index < -0.39 is 0 Å². The van der Waals surface area contributed by atoms with Crippen molar-refractivity contribution in [3.8, 4) is 0 Å². The molecule has 1 aromatic carbocycles. The van der Waals surface area contributed by atoms with E-state index in [0.717, 1.165) is 37.8 Å². The smallest absolute Gasteiger partial charge is 0.224 e. The Morgan fingerprint density at radius 1 is 1.16 bits per heavy atom. The van der Waals surface area contributed by atoms with E-state index >= 15 is 0 Å². The van der Waals surface area contributed by atoms with Crippen LogP contribution in [0, 0.1) is 0 Å². The average Bonchev–Trinajstić information content (AvgIpc) is 2.89. The molecule has 98 valence electrons. The predicted octanol–water partition coefficient (Wildman–Crippen LogP) is 2.82. The normalized spacial score (nSPS) is 13.4. The first-order chi connectivity index (χ1) is 9.36. The van der Waals surface area contributed by atoms with Gasteiger partial charge < -0.3 is 10.2 Å². The third-order valence-corrected chi connectivity index (χ3v) is 3.34. The maximum atomic E-state index is 4.58. The zero-order valence-electron chi connectivity index (χ0n) is 11.1. The Labute approximate surface area is 113 Å². The van der Waals surface area contributed by atoms with Crippen molar-refractivity contribution in [1.82, 2.24) is 9.97 Å². The number of nitrogens with zero attached hydrogens (tertiary/aromatic N) is 3. The lowest BCUT2D eigenvalue weighted by molar-refractivity contribution is 0.848. The fourth-order valence-electron chi connectivity index (χ4n) is 2.34. The molecular formula is C15H18N4. The highest BCUT2D eigenvalue weighted by Crippen LogP contribution is 2.26. The molecule has 0 radical (unpaired) electrons. The Bertz CT molecular complexity index is 543. The molecule has 0 saturated heterocycles. The van der Waals surface area contributed by atoms with Gasteiger partial charge >= 0.3 is 0 Å². The summed E-state index contributed by atoms with van der Waals surface area (Å²) in [7, 11) is 0. The second kappa shape index (κ2) is 5.26. The monoisotopic (exact) mass is 254 g/mol. The highest BCUT2D eigenvalue weighted by Gasteiger charge is 2.19. The van der Waals surface area contributed by atoms with Crippen LogP contribution in [-0.2, 0) is 13.1 Å². The second-order valence-electron chi connectivity index (χ2n) is 4.79. The van der Waals surface area contributed by atoms with Crippen LogP contribution >= 0.6 is 0 Å². The summed E-state index contributed by atoms with van der Waals surface area (Å²) in [5, 5.41) is 3.23. The van der Waals surface area contributed by atoms with Crippen LogP contribution < -0.4 is 10.2 Å². The summed E-state index contributed by atoms with van der Waals surface area (Å²) in [6.07, 6.45) is 2.89. The largest absolute Gasteiger partial charge is 0.354 e. The first kappa shape index (κ1) is 12.0. The molecule has 1 N–H and O–H groups in total. The molecule has 0 amide bonds. The van der Waals surface area contributed by atoms with Gasteiger partial charge in [0.1, 0.15) is 5.82 Å². The van der Waals surface area contributed by atoms with Crippen LogP contribution in [0.3, 0.4) is 0 Å². The van der Waals surface area contributed by atoms with E-state index in [-0.39, 0.29) is 0 Å². The summed E-state index contributed by atoms with van der Waals surface area (Å²) in [6, 6.07) is 10.5. The third kappa shape index (κ3) is 2.52. The van der Waals surface area contributed by atoms with E-state index in [1.165, 1.54) is 11.1 Å². The maximum Gasteiger partial charge on any atom is 0.224 e. The van der Waals surface area contributed by atoms with Crippen molar-refractivity contribution < 1.29 is 0 Å². The second-order valence-corrected chi connectivity index (χ2v) is 4.79. The van der Waals surface area contributed by atoms with Gasteiger partial charge in [-0.25, -0.2) is 4.98 Å². The SMILES string of the molecule is CCCNc1nccc(N2Cc3ccccc3C2)n1. The molecule has 0 atom stereocenters. The Morgan fingerprint density at radius 2 is 1.89 bits per heavy atom. The van der Waals surface area contributed by atoms with Crippen LogP contribution in [0.4, 0.5) is 11.8 Å². The van der Waals surface area contributed by atoms with E-state index in [9.17, 15) is 0 Å². The summed E-state index contributed by atoms with van der Waals surface area (Å²) in [5.41, 5.74) is 2.79. The van der Waals surface area contributed by atoms with Crippen LogP contribution in [0.1, 0.15) is 24.5 Å². The summed E-state index contributed by atoms with van der Waals surface area (Å²) in [6.45, 7) is 4.90. The highest BCUT2D eigenvalue weighted by molar-refractivity contribution is 5.48. The number of aromatic nitrogens is 2. The number of anilines is 2. The predicted molar refractivity (Wildman–Crippen MR) is 77.1 cm³/mol. The van der Waals surface area contributed by atoms with Crippen LogP contribution in [0.15, 0.2) is 36.5 Å². The Morgan fingerprint density at radius 3 is 2.58 bits per heavy atom. The molecule has 0 spiro atoms. The first-order valence-corrected chi connectivity index (χ1v) is 6.75. The van der Waals surface area contributed by atoms with Gasteiger partial charge in [0.25, 0.3) is 0 Å². The van der Waals surface area contributed by atoms with Crippen LogP contribution in [0.2, 0.25) is 0 Å². The topological polar surface area (TPSA) is 41.1 Å². The minimum Gasteiger partial charge on any atom is -0.354 e. The van der Waals surface area contributed by atoms with Crippen LogP contribution in [0.5, 0.6) is 0 Å². The Kier molecular flexibility index (Phi) is 3.31. The number of rotatable bonds is 4. The van der Waals surface area contributed by atoms with Gasteiger partial charge in [0.15, 0.2) is 0 Å². The van der Waals surface area contributed by atoms with Crippen molar-refractivity contribution in [3.05, 3.63) is 47.7 Å². The van der Waals surface area contributed by atoms with Gasteiger partial charge in [-0.1, -0.05) is 31.2 Å². The molecule has 0 saturated carbocycles. The van der Waals surface area contributed by atoms with Crippen LogP contribution in [0.25, 0.3) is 0 Å². The minimum absolute atomic E-state index is 0.718. The fourth-order valence-corrected chi connectivity index (χ4v) is 2.34. The average molecular weight is 254 g/mol. The Balaban J connectivity index is 1.77. The summed E-state index contributed by atoms with van der Waals surface area (Å²) < 4.78 is 0. The zero-order chi connectivity index (χ0) is 13.1. The standard InChI is InChI=1S/C15H18N4/c1-2-8-16-15-17-9-7-14(18-15)19-10-12-5-3-4-6-13(12)11-19/h3-7,9H,2,8,10-11H2,1H3,(H,16,17,18). The lowest BCUT2D eigenvalue weighted by Crippen LogP contribution is -2.17. The summed E-state index contributed by atoms with van der Waals surface area (Å²) >= 11 is 0. The van der Waals surface area contributed by atoms with Gasteiger partial charge in [0, 0.05) is 25.8 Å². The molecule has 0 bridgehead atoms. The van der Waals surface area contributed by atoms with Crippen molar-refractivity contribution in [2.24, 2.45) is 0 Å². The Hall–Kier alpha value is -2.10. The summed E-state index contributed by atoms with van der Waals surface area (Å²) in [4.78, 5) is 11.1.